The molecule has 3 nitrogen and oxygen atoms in total. The van der Waals surface area contributed by atoms with Crippen LogP contribution < -0.4 is 5.73 Å². The lowest BCUT2D eigenvalue weighted by atomic mass is 10.1. The second-order valence-corrected chi connectivity index (χ2v) is 5.65. The van der Waals surface area contributed by atoms with Gasteiger partial charge in [-0.2, -0.15) is 0 Å². The lowest BCUT2D eigenvalue weighted by Gasteiger charge is -2.38. The quantitative estimate of drug-likeness (QED) is 0.825. The van der Waals surface area contributed by atoms with E-state index in [2.05, 4.69) is 18.7 Å². The van der Waals surface area contributed by atoms with E-state index >= 15 is 0 Å². The molecule has 0 radical (unpaired) electrons. The summed E-state index contributed by atoms with van der Waals surface area (Å²) in [5, 5.41) is 0.701. The van der Waals surface area contributed by atoms with E-state index in [-0.39, 0.29) is 5.60 Å². The molecule has 0 spiro atoms. The van der Waals surface area contributed by atoms with Crippen molar-refractivity contribution < 1.29 is 4.74 Å². The number of halogens is 1. The lowest BCUT2D eigenvalue weighted by Crippen LogP contribution is -2.47. The largest absolute Gasteiger partial charge is 0.399 e. The van der Waals surface area contributed by atoms with Crippen LogP contribution in [0, 0.1) is 0 Å². The zero-order valence-electron chi connectivity index (χ0n) is 10.4. The highest BCUT2D eigenvalue weighted by molar-refractivity contribution is 6.30. The van der Waals surface area contributed by atoms with Crippen LogP contribution in [0.2, 0.25) is 5.02 Å². The first-order valence-electron chi connectivity index (χ1n) is 5.86. The van der Waals surface area contributed by atoms with E-state index in [1.807, 2.05) is 12.1 Å². The van der Waals surface area contributed by atoms with Crippen LogP contribution in [0.1, 0.15) is 19.4 Å². The summed E-state index contributed by atoms with van der Waals surface area (Å²) < 4.78 is 5.69. The first-order valence-corrected chi connectivity index (χ1v) is 6.24. The maximum Gasteiger partial charge on any atom is 0.0753 e. The molecular weight excluding hydrogens is 236 g/mol. The Labute approximate surface area is 107 Å². The van der Waals surface area contributed by atoms with Gasteiger partial charge in [-0.25, -0.2) is 0 Å². The number of nitrogen functional groups attached to an aromatic ring is 1. The van der Waals surface area contributed by atoms with Crippen LogP contribution >= 0.6 is 11.6 Å². The van der Waals surface area contributed by atoms with E-state index in [1.54, 1.807) is 6.07 Å². The monoisotopic (exact) mass is 254 g/mol. The van der Waals surface area contributed by atoms with Crippen molar-refractivity contribution in [1.29, 1.82) is 0 Å². The van der Waals surface area contributed by atoms with Crippen molar-refractivity contribution in [1.82, 2.24) is 4.90 Å². The minimum Gasteiger partial charge on any atom is -0.399 e. The second-order valence-electron chi connectivity index (χ2n) is 5.21. The molecule has 4 heteroatoms. The molecule has 2 rings (SSSR count). The molecule has 1 aromatic rings. The molecule has 2 N–H and O–H groups in total. The summed E-state index contributed by atoms with van der Waals surface area (Å²) in [6.45, 7) is 7.77. The SMILES string of the molecule is CC1(C)CN(Cc2cc(N)cc(Cl)c2)CCO1. The van der Waals surface area contributed by atoms with Crippen LogP contribution in [0.25, 0.3) is 0 Å². The summed E-state index contributed by atoms with van der Waals surface area (Å²) in [5.74, 6) is 0. The number of nitrogens with zero attached hydrogens (tertiary/aromatic N) is 1. The average Bonchev–Trinajstić information content (AvgIpc) is 2.13. The van der Waals surface area contributed by atoms with Gasteiger partial charge in [-0.15, -0.1) is 0 Å². The summed E-state index contributed by atoms with van der Waals surface area (Å²) in [5.41, 5.74) is 7.61. The van der Waals surface area contributed by atoms with Crippen molar-refractivity contribution in [3.63, 3.8) is 0 Å². The number of anilines is 1. The van der Waals surface area contributed by atoms with E-state index in [9.17, 15) is 0 Å². The van der Waals surface area contributed by atoms with Crippen molar-refractivity contribution in [2.75, 3.05) is 25.4 Å². The van der Waals surface area contributed by atoms with Gasteiger partial charge in [0.1, 0.15) is 0 Å². The topological polar surface area (TPSA) is 38.5 Å². The Morgan fingerprint density at radius 1 is 1.41 bits per heavy atom. The van der Waals surface area contributed by atoms with Crippen molar-refractivity contribution in [3.8, 4) is 0 Å². The number of rotatable bonds is 2. The number of hydrogen-bond acceptors (Lipinski definition) is 3. The Morgan fingerprint density at radius 2 is 2.18 bits per heavy atom. The van der Waals surface area contributed by atoms with E-state index in [0.717, 1.165) is 37.5 Å². The summed E-state index contributed by atoms with van der Waals surface area (Å²) >= 11 is 6.00. The van der Waals surface area contributed by atoms with Gasteiger partial charge in [0.25, 0.3) is 0 Å². The Kier molecular flexibility index (Phi) is 3.61. The second kappa shape index (κ2) is 4.84. The fraction of sp³-hybridized carbons (Fsp3) is 0.538. The predicted molar refractivity (Wildman–Crippen MR) is 71.2 cm³/mol. The molecule has 1 fully saturated rings. The number of ether oxygens (including phenoxy) is 1. The molecule has 0 bridgehead atoms. The number of morpholine rings is 1. The number of benzene rings is 1. The molecule has 94 valence electrons. The van der Waals surface area contributed by atoms with Crippen molar-refractivity contribution in [3.05, 3.63) is 28.8 Å². The molecule has 1 saturated heterocycles. The van der Waals surface area contributed by atoms with Crippen LogP contribution in [-0.2, 0) is 11.3 Å². The third-order valence-electron chi connectivity index (χ3n) is 2.89. The highest BCUT2D eigenvalue weighted by atomic mass is 35.5. The zero-order chi connectivity index (χ0) is 12.5. The maximum absolute atomic E-state index is 6.00. The summed E-state index contributed by atoms with van der Waals surface area (Å²) in [4.78, 5) is 2.37. The van der Waals surface area contributed by atoms with Crippen molar-refractivity contribution in [2.24, 2.45) is 0 Å². The fourth-order valence-electron chi connectivity index (χ4n) is 2.27. The Balaban J connectivity index is 2.05. The summed E-state index contributed by atoms with van der Waals surface area (Å²) in [7, 11) is 0. The lowest BCUT2D eigenvalue weighted by molar-refractivity contribution is -0.0882. The van der Waals surface area contributed by atoms with Crippen LogP contribution in [-0.4, -0.2) is 30.2 Å². The Morgan fingerprint density at radius 3 is 2.82 bits per heavy atom. The highest BCUT2D eigenvalue weighted by Crippen LogP contribution is 2.21. The van der Waals surface area contributed by atoms with Gasteiger partial charge in [-0.1, -0.05) is 11.6 Å². The van der Waals surface area contributed by atoms with Gasteiger partial charge in [-0.05, 0) is 37.6 Å². The predicted octanol–water partition coefficient (Wildman–Crippen LogP) is 2.53. The average molecular weight is 255 g/mol. The Bertz CT molecular complexity index is 386. The van der Waals surface area contributed by atoms with E-state index < -0.39 is 0 Å². The molecule has 1 aliphatic rings. The smallest absolute Gasteiger partial charge is 0.0753 e. The van der Waals surface area contributed by atoms with Crippen LogP contribution in [0.15, 0.2) is 18.2 Å². The van der Waals surface area contributed by atoms with Crippen molar-refractivity contribution >= 4 is 17.3 Å². The molecule has 0 aliphatic carbocycles. The standard InChI is InChI=1S/C13H19ClN2O/c1-13(2)9-16(3-4-17-13)8-10-5-11(14)7-12(15)6-10/h5-7H,3-4,8-9,15H2,1-2H3. The third kappa shape index (κ3) is 3.60. The summed E-state index contributed by atoms with van der Waals surface area (Å²) in [6, 6.07) is 5.73. The van der Waals surface area contributed by atoms with Gasteiger partial charge in [-0.3, -0.25) is 4.90 Å². The molecule has 1 heterocycles. The third-order valence-corrected chi connectivity index (χ3v) is 3.11. The number of nitrogens with two attached hydrogens (primary N) is 1. The van der Waals surface area contributed by atoms with Gasteiger partial charge < -0.3 is 10.5 Å². The molecule has 17 heavy (non-hydrogen) atoms. The van der Waals surface area contributed by atoms with Crippen LogP contribution in [0.4, 0.5) is 5.69 Å². The van der Waals surface area contributed by atoms with Gasteiger partial charge in [0.2, 0.25) is 0 Å². The molecule has 0 aromatic heterocycles. The van der Waals surface area contributed by atoms with Crippen LogP contribution in [0.3, 0.4) is 0 Å². The first-order chi connectivity index (χ1) is 7.94. The minimum absolute atomic E-state index is 0.0671. The molecule has 0 unspecified atom stereocenters. The van der Waals surface area contributed by atoms with Crippen LogP contribution in [0.5, 0.6) is 0 Å². The molecule has 1 aliphatic heterocycles. The molecule has 0 saturated carbocycles. The van der Waals surface area contributed by atoms with Gasteiger partial charge >= 0.3 is 0 Å². The van der Waals surface area contributed by atoms with E-state index in [1.165, 1.54) is 0 Å². The molecule has 0 atom stereocenters. The number of hydrogen-bond donors (Lipinski definition) is 1. The van der Waals surface area contributed by atoms with E-state index in [4.69, 9.17) is 22.1 Å². The van der Waals surface area contributed by atoms with Gasteiger partial charge in [0.05, 0.1) is 12.2 Å². The fourth-order valence-corrected chi connectivity index (χ4v) is 2.54. The van der Waals surface area contributed by atoms with E-state index in [0.29, 0.717) is 5.02 Å². The normalized spacial score (nSPS) is 20.4. The minimum atomic E-state index is -0.0671. The Hall–Kier alpha value is -0.770. The molecule has 0 amide bonds. The van der Waals surface area contributed by atoms with Gasteiger partial charge in [0, 0.05) is 30.3 Å². The van der Waals surface area contributed by atoms with Gasteiger partial charge in [0.15, 0.2) is 0 Å². The van der Waals surface area contributed by atoms with Crippen molar-refractivity contribution in [2.45, 2.75) is 26.0 Å². The zero-order valence-corrected chi connectivity index (χ0v) is 11.1. The first kappa shape index (κ1) is 12.7. The molecular formula is C13H19ClN2O. The summed E-state index contributed by atoms with van der Waals surface area (Å²) in [6.07, 6.45) is 0. The molecule has 1 aromatic carbocycles. The maximum atomic E-state index is 6.00. The highest BCUT2D eigenvalue weighted by Gasteiger charge is 2.26.